The van der Waals surface area contributed by atoms with Crippen LogP contribution in [0.15, 0.2) is 22.8 Å². The van der Waals surface area contributed by atoms with Gasteiger partial charge in [-0.25, -0.2) is 8.42 Å². The molecule has 0 saturated heterocycles. The quantitative estimate of drug-likeness (QED) is 0.478. The molecule has 1 atom stereocenters. The molecular weight excluding hydrogens is 313 g/mol. The van der Waals surface area contributed by atoms with Crippen LogP contribution in [0.3, 0.4) is 0 Å². The topological polar surface area (TPSA) is 46.2 Å². The zero-order chi connectivity index (χ0) is 10.3. The summed E-state index contributed by atoms with van der Waals surface area (Å²) in [5.74, 6) is 0. The fourth-order valence-electron chi connectivity index (χ4n) is 1.43. The van der Waals surface area contributed by atoms with E-state index in [0.29, 0.717) is 5.03 Å². The van der Waals surface area contributed by atoms with Crippen molar-refractivity contribution in [3.8, 4) is 0 Å². The van der Waals surface area contributed by atoms with E-state index in [1.807, 2.05) is 13.0 Å². The molecule has 1 aliphatic carbocycles. The normalized spacial score (nSPS) is 27.7. The van der Waals surface area contributed by atoms with Crippen LogP contribution in [0, 0.1) is 0 Å². The van der Waals surface area contributed by atoms with Gasteiger partial charge in [0.1, 0.15) is 5.03 Å². The van der Waals surface area contributed by atoms with Crippen molar-refractivity contribution >= 4 is 32.4 Å². The molecule has 2 rings (SSSR count). The van der Waals surface area contributed by atoms with Gasteiger partial charge in [-0.2, -0.15) is 0 Å². The Balaban J connectivity index is 2.31. The summed E-state index contributed by atoms with van der Waals surface area (Å²) >= 11 is 2.18. The minimum atomic E-state index is -3.05. The molecule has 14 heavy (non-hydrogen) atoms. The van der Waals surface area contributed by atoms with Crippen LogP contribution in [0.4, 0.5) is 0 Å². The van der Waals surface area contributed by atoms with E-state index in [4.69, 9.17) is 0 Å². The molecule has 78 valence electrons. The molecule has 1 fully saturated rings. The zero-order valence-corrected chi connectivity index (χ0v) is 10.8. The van der Waals surface area contributed by atoms with Gasteiger partial charge in [0.2, 0.25) is 0 Å². The number of halogens is 1. The number of rotatable bonds is 2. The fourth-order valence-corrected chi connectivity index (χ4v) is 4.30. The number of sulfone groups is 1. The van der Waals surface area contributed by atoms with Crippen molar-refractivity contribution in [2.45, 2.75) is 29.1 Å². The molecule has 0 radical (unpaired) electrons. The van der Waals surface area contributed by atoms with Crippen LogP contribution < -0.4 is 5.32 Å². The maximum Gasteiger partial charge on any atom is 0.196 e. The Bertz CT molecular complexity index is 407. The van der Waals surface area contributed by atoms with E-state index >= 15 is 0 Å². The lowest BCUT2D eigenvalue weighted by Gasteiger charge is -2.19. The fraction of sp³-hybridized carbons (Fsp3) is 0.556. The minimum Gasteiger partial charge on any atom is -0.361 e. The van der Waals surface area contributed by atoms with Gasteiger partial charge in [-0.15, -0.1) is 0 Å². The molecule has 0 aromatic carbocycles. The summed E-state index contributed by atoms with van der Waals surface area (Å²) in [6.45, 7) is 1.93. The van der Waals surface area contributed by atoms with Gasteiger partial charge in [0.25, 0.3) is 0 Å². The maximum absolute atomic E-state index is 11.9. The van der Waals surface area contributed by atoms with Gasteiger partial charge < -0.3 is 5.32 Å². The highest BCUT2D eigenvalue weighted by Crippen LogP contribution is 2.33. The Morgan fingerprint density at radius 1 is 1.50 bits per heavy atom. The highest BCUT2D eigenvalue weighted by Gasteiger charge is 2.39. The number of nitrogens with one attached hydrogen (secondary N) is 1. The minimum absolute atomic E-state index is 0.0844. The smallest absolute Gasteiger partial charge is 0.196 e. The first-order chi connectivity index (χ1) is 6.50. The first-order valence-corrected chi connectivity index (χ1v) is 7.34. The molecule has 0 amide bonds. The van der Waals surface area contributed by atoms with Crippen LogP contribution in [0.1, 0.15) is 19.8 Å². The Morgan fingerprint density at radius 3 is 2.64 bits per heavy atom. The monoisotopic (exact) mass is 325 g/mol. The first kappa shape index (κ1) is 10.5. The second kappa shape index (κ2) is 3.52. The van der Waals surface area contributed by atoms with Gasteiger partial charge >= 0.3 is 0 Å². The van der Waals surface area contributed by atoms with Crippen LogP contribution in [0.25, 0.3) is 0 Å². The number of allylic oxidation sites excluding steroid dienone is 2. The summed E-state index contributed by atoms with van der Waals surface area (Å²) in [5, 5.41) is 3.27. The molecule has 1 unspecified atom stereocenters. The summed E-state index contributed by atoms with van der Waals surface area (Å²) in [5.41, 5.74) is 1.02. The van der Waals surface area contributed by atoms with Crippen molar-refractivity contribution in [3.05, 3.63) is 22.8 Å². The number of hydrogen-bond donors (Lipinski definition) is 1. The summed E-state index contributed by atoms with van der Waals surface area (Å²) in [4.78, 5) is 0. The van der Waals surface area contributed by atoms with E-state index in [9.17, 15) is 8.42 Å². The maximum atomic E-state index is 11.9. The predicted molar refractivity (Wildman–Crippen MR) is 64.7 cm³/mol. The molecule has 5 heteroatoms. The van der Waals surface area contributed by atoms with Gasteiger partial charge in [-0.05, 0) is 37.5 Å². The van der Waals surface area contributed by atoms with Crippen molar-refractivity contribution in [2.75, 3.05) is 0 Å². The average Bonchev–Trinajstić information content (AvgIpc) is 2.83. The Labute approximate surface area is 97.7 Å². The average molecular weight is 325 g/mol. The van der Waals surface area contributed by atoms with Gasteiger partial charge in [0.05, 0.1) is 9.30 Å². The standard InChI is InChI=1S/C9H12INO2S/c1-6-4-8(10)11-9(5-6)14(12,13)7-2-3-7/h4-5,7-8,11H,2-3H2,1H3. The lowest BCUT2D eigenvalue weighted by Crippen LogP contribution is -2.30. The first-order valence-electron chi connectivity index (χ1n) is 4.55. The second-order valence-electron chi connectivity index (χ2n) is 3.71. The molecule has 2 aliphatic rings. The summed E-state index contributed by atoms with van der Waals surface area (Å²) in [6.07, 6.45) is 5.36. The summed E-state index contributed by atoms with van der Waals surface area (Å²) in [6, 6.07) is 0. The Morgan fingerprint density at radius 2 is 2.14 bits per heavy atom. The third kappa shape index (κ3) is 1.98. The lowest BCUT2D eigenvalue weighted by molar-refractivity contribution is 0.596. The van der Waals surface area contributed by atoms with E-state index in [2.05, 4.69) is 27.9 Å². The van der Waals surface area contributed by atoms with Crippen LogP contribution in [-0.4, -0.2) is 17.7 Å². The highest BCUT2D eigenvalue weighted by molar-refractivity contribution is 14.1. The number of alkyl halides is 1. The summed E-state index contributed by atoms with van der Waals surface area (Å²) in [7, 11) is -3.05. The summed E-state index contributed by atoms with van der Waals surface area (Å²) < 4.78 is 23.8. The van der Waals surface area contributed by atoms with Gasteiger partial charge in [0, 0.05) is 0 Å². The molecule has 1 aliphatic heterocycles. The van der Waals surface area contributed by atoms with E-state index in [1.54, 1.807) is 6.08 Å². The molecule has 0 bridgehead atoms. The van der Waals surface area contributed by atoms with Crippen molar-refractivity contribution in [1.29, 1.82) is 0 Å². The predicted octanol–water partition coefficient (Wildman–Crippen LogP) is 1.72. The molecule has 3 nitrogen and oxygen atoms in total. The van der Waals surface area contributed by atoms with Gasteiger partial charge in [0.15, 0.2) is 9.84 Å². The van der Waals surface area contributed by atoms with Crippen LogP contribution in [0.5, 0.6) is 0 Å². The van der Waals surface area contributed by atoms with Gasteiger partial charge in [-0.1, -0.05) is 22.6 Å². The SMILES string of the molecule is CC1=CC(I)NC(S(=O)(=O)C2CC2)=C1. The Kier molecular flexibility index (Phi) is 2.63. The van der Waals surface area contributed by atoms with Crippen molar-refractivity contribution < 1.29 is 8.42 Å². The molecule has 0 aromatic rings. The molecular formula is C9H12INO2S. The molecule has 1 saturated carbocycles. The third-order valence-corrected chi connectivity index (χ3v) is 5.19. The van der Waals surface area contributed by atoms with E-state index in [-0.39, 0.29) is 9.30 Å². The second-order valence-corrected chi connectivity index (χ2v) is 7.25. The van der Waals surface area contributed by atoms with E-state index < -0.39 is 9.84 Å². The van der Waals surface area contributed by atoms with Crippen LogP contribution in [0.2, 0.25) is 0 Å². The van der Waals surface area contributed by atoms with Crippen LogP contribution in [-0.2, 0) is 9.84 Å². The van der Waals surface area contributed by atoms with E-state index in [1.165, 1.54) is 0 Å². The molecule has 1 N–H and O–H groups in total. The molecule has 0 aromatic heterocycles. The lowest BCUT2D eigenvalue weighted by atomic mass is 10.2. The molecule has 1 heterocycles. The zero-order valence-electron chi connectivity index (χ0n) is 7.83. The highest BCUT2D eigenvalue weighted by atomic mass is 127. The third-order valence-electron chi connectivity index (χ3n) is 2.32. The van der Waals surface area contributed by atoms with Crippen molar-refractivity contribution in [2.24, 2.45) is 0 Å². The number of dihydropyridines is 1. The number of hydrogen-bond acceptors (Lipinski definition) is 3. The van der Waals surface area contributed by atoms with E-state index in [0.717, 1.165) is 18.4 Å². The van der Waals surface area contributed by atoms with Crippen molar-refractivity contribution in [3.63, 3.8) is 0 Å². The molecule has 0 spiro atoms. The van der Waals surface area contributed by atoms with Crippen molar-refractivity contribution in [1.82, 2.24) is 5.32 Å². The van der Waals surface area contributed by atoms with Gasteiger partial charge in [-0.3, -0.25) is 0 Å². The van der Waals surface area contributed by atoms with Crippen LogP contribution >= 0.6 is 22.6 Å². The largest absolute Gasteiger partial charge is 0.361 e. The Hall–Kier alpha value is -0.0400.